The molecule has 0 amide bonds. The van der Waals surface area contributed by atoms with Crippen molar-refractivity contribution in [3.8, 4) is 0 Å². The Labute approximate surface area is 119 Å². The van der Waals surface area contributed by atoms with E-state index in [2.05, 4.69) is 20.2 Å². The monoisotopic (exact) mass is 278 g/mol. The predicted molar refractivity (Wildman–Crippen MR) is 76.9 cm³/mol. The highest BCUT2D eigenvalue weighted by Gasteiger charge is 2.25. The largest absolute Gasteiger partial charge is 0.394 e. The fraction of sp³-hybridized carbons (Fsp3) is 0.714. The lowest BCUT2D eigenvalue weighted by Gasteiger charge is -2.24. The van der Waals surface area contributed by atoms with Crippen molar-refractivity contribution in [3.63, 3.8) is 0 Å². The van der Waals surface area contributed by atoms with Gasteiger partial charge >= 0.3 is 0 Å². The predicted octanol–water partition coefficient (Wildman–Crippen LogP) is 0.886. The maximum Gasteiger partial charge on any atom is 0.134 e. The number of rotatable bonds is 5. The minimum absolute atomic E-state index is 0.187. The highest BCUT2D eigenvalue weighted by Crippen LogP contribution is 2.24. The van der Waals surface area contributed by atoms with Crippen LogP contribution in [-0.4, -0.2) is 54.0 Å². The minimum Gasteiger partial charge on any atom is -0.394 e. The van der Waals surface area contributed by atoms with Gasteiger partial charge < -0.3 is 20.1 Å². The van der Waals surface area contributed by atoms with E-state index in [4.69, 9.17) is 4.74 Å². The molecule has 0 aromatic carbocycles. The Hall–Kier alpha value is -1.40. The summed E-state index contributed by atoms with van der Waals surface area (Å²) in [5.74, 6) is 2.33. The molecule has 0 saturated carbocycles. The van der Waals surface area contributed by atoms with Crippen LogP contribution in [0.25, 0.3) is 0 Å². The summed E-state index contributed by atoms with van der Waals surface area (Å²) < 4.78 is 5.37. The van der Waals surface area contributed by atoms with E-state index in [9.17, 15) is 5.11 Å². The van der Waals surface area contributed by atoms with Crippen LogP contribution in [0.1, 0.15) is 19.3 Å². The lowest BCUT2D eigenvalue weighted by atomic mass is 10.1. The van der Waals surface area contributed by atoms with Gasteiger partial charge in [0.2, 0.25) is 0 Å². The Bertz CT molecular complexity index is 437. The molecule has 2 N–H and O–H groups in total. The van der Waals surface area contributed by atoms with Crippen LogP contribution in [0.3, 0.4) is 0 Å². The van der Waals surface area contributed by atoms with Crippen molar-refractivity contribution in [1.29, 1.82) is 0 Å². The van der Waals surface area contributed by atoms with E-state index in [-0.39, 0.29) is 12.6 Å². The summed E-state index contributed by atoms with van der Waals surface area (Å²) in [5, 5.41) is 12.8. The number of aliphatic hydroxyl groups excluding tert-OH is 1. The molecular weight excluding hydrogens is 256 g/mol. The molecule has 6 nitrogen and oxygen atoms in total. The topological polar surface area (TPSA) is 70.5 Å². The molecule has 110 valence electrons. The molecule has 0 radical (unpaired) electrons. The number of anilines is 2. The van der Waals surface area contributed by atoms with E-state index in [1.807, 2.05) is 6.07 Å². The van der Waals surface area contributed by atoms with Gasteiger partial charge in [0, 0.05) is 31.7 Å². The maximum atomic E-state index is 9.40. The van der Waals surface area contributed by atoms with E-state index >= 15 is 0 Å². The Morgan fingerprint density at radius 3 is 3.15 bits per heavy atom. The first-order chi connectivity index (χ1) is 9.86. The summed E-state index contributed by atoms with van der Waals surface area (Å²) in [6.45, 7) is 3.74. The number of hydrogen-bond donors (Lipinski definition) is 2. The average molecular weight is 278 g/mol. The molecule has 2 aliphatic heterocycles. The van der Waals surface area contributed by atoms with Crippen LogP contribution in [0.5, 0.6) is 0 Å². The second-order valence-corrected chi connectivity index (χ2v) is 5.54. The molecule has 0 aliphatic carbocycles. The maximum absolute atomic E-state index is 9.40. The first-order valence-corrected chi connectivity index (χ1v) is 7.38. The van der Waals surface area contributed by atoms with E-state index in [0.717, 1.165) is 57.2 Å². The van der Waals surface area contributed by atoms with Gasteiger partial charge in [-0.3, -0.25) is 0 Å². The Morgan fingerprint density at radius 2 is 2.35 bits per heavy atom. The van der Waals surface area contributed by atoms with Crippen LogP contribution in [0, 0.1) is 5.92 Å². The fourth-order valence-electron chi connectivity index (χ4n) is 2.92. The molecule has 2 saturated heterocycles. The molecule has 3 heterocycles. The molecule has 0 spiro atoms. The third kappa shape index (κ3) is 3.02. The summed E-state index contributed by atoms with van der Waals surface area (Å²) in [7, 11) is 0. The summed E-state index contributed by atoms with van der Waals surface area (Å²) in [5.41, 5.74) is 0. The van der Waals surface area contributed by atoms with E-state index < -0.39 is 0 Å². The molecular formula is C14H22N4O2. The standard InChI is InChI=1S/C14H22N4O2/c19-8-12-2-1-4-18(12)14-6-13(16-10-17-14)15-7-11-3-5-20-9-11/h6,10-12,19H,1-5,7-9H2,(H,15,16,17). The van der Waals surface area contributed by atoms with Gasteiger partial charge in [-0.15, -0.1) is 0 Å². The number of ether oxygens (including phenoxy) is 1. The van der Waals surface area contributed by atoms with Crippen molar-refractivity contribution in [2.45, 2.75) is 25.3 Å². The highest BCUT2D eigenvalue weighted by atomic mass is 16.5. The summed E-state index contributed by atoms with van der Waals surface area (Å²) in [4.78, 5) is 10.8. The van der Waals surface area contributed by atoms with Crippen molar-refractivity contribution in [3.05, 3.63) is 12.4 Å². The van der Waals surface area contributed by atoms with Gasteiger partial charge in [-0.2, -0.15) is 0 Å². The fourth-order valence-corrected chi connectivity index (χ4v) is 2.92. The van der Waals surface area contributed by atoms with Crippen LogP contribution in [0.4, 0.5) is 11.6 Å². The number of aliphatic hydroxyl groups is 1. The number of nitrogens with one attached hydrogen (secondary N) is 1. The summed E-state index contributed by atoms with van der Waals surface area (Å²) >= 11 is 0. The van der Waals surface area contributed by atoms with Crippen LogP contribution in [0.2, 0.25) is 0 Å². The molecule has 20 heavy (non-hydrogen) atoms. The van der Waals surface area contributed by atoms with Gasteiger partial charge in [-0.05, 0) is 19.3 Å². The van der Waals surface area contributed by atoms with Gasteiger partial charge in [-0.1, -0.05) is 0 Å². The molecule has 6 heteroatoms. The third-order valence-electron chi connectivity index (χ3n) is 4.13. The number of hydrogen-bond acceptors (Lipinski definition) is 6. The minimum atomic E-state index is 0.187. The molecule has 1 aromatic heterocycles. The lowest BCUT2D eigenvalue weighted by Crippen LogP contribution is -2.32. The van der Waals surface area contributed by atoms with Crippen LogP contribution in [0.15, 0.2) is 12.4 Å². The third-order valence-corrected chi connectivity index (χ3v) is 4.13. The van der Waals surface area contributed by atoms with Crippen molar-refractivity contribution in [2.24, 2.45) is 5.92 Å². The Balaban J connectivity index is 1.63. The Morgan fingerprint density at radius 1 is 1.40 bits per heavy atom. The normalized spacial score (nSPS) is 26.1. The summed E-state index contributed by atoms with van der Waals surface area (Å²) in [6, 6.07) is 2.17. The Kier molecular flexibility index (Phi) is 4.32. The molecule has 0 bridgehead atoms. The number of aromatic nitrogens is 2. The average Bonchev–Trinajstić information content (AvgIpc) is 3.16. The quantitative estimate of drug-likeness (QED) is 0.833. The van der Waals surface area contributed by atoms with Gasteiger partial charge in [0.1, 0.15) is 18.0 Å². The van der Waals surface area contributed by atoms with E-state index in [1.165, 1.54) is 0 Å². The van der Waals surface area contributed by atoms with Gasteiger partial charge in [0.25, 0.3) is 0 Å². The van der Waals surface area contributed by atoms with Crippen molar-refractivity contribution in [2.75, 3.05) is 43.1 Å². The number of nitrogens with zero attached hydrogens (tertiary/aromatic N) is 3. The SMILES string of the molecule is OCC1CCCN1c1cc(NCC2CCOC2)ncn1. The zero-order valence-electron chi connectivity index (χ0n) is 11.7. The van der Waals surface area contributed by atoms with E-state index in [1.54, 1.807) is 6.33 Å². The van der Waals surface area contributed by atoms with Gasteiger partial charge in [-0.25, -0.2) is 9.97 Å². The molecule has 3 rings (SSSR count). The molecule has 2 atom stereocenters. The van der Waals surface area contributed by atoms with Crippen LogP contribution in [-0.2, 0) is 4.74 Å². The molecule has 2 fully saturated rings. The summed E-state index contributed by atoms with van der Waals surface area (Å²) in [6.07, 6.45) is 4.85. The van der Waals surface area contributed by atoms with Gasteiger partial charge in [0.05, 0.1) is 19.3 Å². The lowest BCUT2D eigenvalue weighted by molar-refractivity contribution is 0.187. The second-order valence-electron chi connectivity index (χ2n) is 5.54. The van der Waals surface area contributed by atoms with Crippen LogP contribution >= 0.6 is 0 Å². The second kappa shape index (κ2) is 6.37. The van der Waals surface area contributed by atoms with Gasteiger partial charge in [0.15, 0.2) is 0 Å². The highest BCUT2D eigenvalue weighted by molar-refractivity contribution is 5.49. The first kappa shape index (κ1) is 13.6. The van der Waals surface area contributed by atoms with Crippen LogP contribution < -0.4 is 10.2 Å². The van der Waals surface area contributed by atoms with Crippen molar-refractivity contribution < 1.29 is 9.84 Å². The molecule has 2 aliphatic rings. The first-order valence-electron chi connectivity index (χ1n) is 7.38. The molecule has 2 unspecified atom stereocenters. The van der Waals surface area contributed by atoms with Crippen molar-refractivity contribution >= 4 is 11.6 Å². The molecule has 1 aromatic rings. The zero-order chi connectivity index (χ0) is 13.8. The van der Waals surface area contributed by atoms with Crippen molar-refractivity contribution in [1.82, 2.24) is 9.97 Å². The smallest absolute Gasteiger partial charge is 0.134 e. The zero-order valence-corrected chi connectivity index (χ0v) is 11.7. The van der Waals surface area contributed by atoms with E-state index in [0.29, 0.717) is 5.92 Å².